The molecule has 12 heavy (non-hydrogen) atoms. The zero-order chi connectivity index (χ0) is 8.55. The van der Waals surface area contributed by atoms with E-state index in [9.17, 15) is 0 Å². The van der Waals surface area contributed by atoms with Gasteiger partial charge in [-0.1, -0.05) is 6.07 Å². The molecular formula is C11H14S. The Morgan fingerprint density at radius 2 is 1.75 bits per heavy atom. The molecule has 0 aromatic heterocycles. The molecule has 0 bridgehead atoms. The number of hydrogen-bond acceptors (Lipinski definition) is 1. The summed E-state index contributed by atoms with van der Waals surface area (Å²) in [7, 11) is 0. The second kappa shape index (κ2) is 3.14. The lowest BCUT2D eigenvalue weighted by Gasteiger charge is -2.19. The van der Waals surface area contributed by atoms with Crippen LogP contribution in [0.5, 0.6) is 0 Å². The fourth-order valence-electron chi connectivity index (χ4n) is 2.03. The fourth-order valence-corrected chi connectivity index (χ4v) is 2.35. The molecule has 0 atom stereocenters. The third kappa shape index (κ3) is 1.27. The summed E-state index contributed by atoms with van der Waals surface area (Å²) in [5.41, 5.74) is 4.51. The first kappa shape index (κ1) is 8.18. The number of fused-ring (bicyclic) bond motifs is 1. The van der Waals surface area contributed by atoms with E-state index in [0.717, 1.165) is 0 Å². The van der Waals surface area contributed by atoms with Crippen molar-refractivity contribution in [3.8, 4) is 0 Å². The summed E-state index contributed by atoms with van der Waals surface area (Å²) in [4.78, 5) is 1.19. The Hall–Kier alpha value is -0.430. The van der Waals surface area contributed by atoms with Crippen LogP contribution in [0.1, 0.15) is 29.5 Å². The fraction of sp³-hybridized carbons (Fsp3) is 0.455. The van der Waals surface area contributed by atoms with Gasteiger partial charge in [0.1, 0.15) is 0 Å². The van der Waals surface area contributed by atoms with Crippen molar-refractivity contribution in [1.29, 1.82) is 0 Å². The molecule has 1 aromatic rings. The molecule has 0 spiro atoms. The summed E-state index contributed by atoms with van der Waals surface area (Å²) in [5, 5.41) is 0. The smallest absolute Gasteiger partial charge is 0.00749 e. The van der Waals surface area contributed by atoms with E-state index in [1.807, 2.05) is 0 Å². The maximum atomic E-state index is 4.48. The van der Waals surface area contributed by atoms with E-state index in [4.69, 9.17) is 0 Å². The van der Waals surface area contributed by atoms with Crippen LogP contribution in [-0.4, -0.2) is 0 Å². The van der Waals surface area contributed by atoms with Gasteiger partial charge < -0.3 is 0 Å². The molecule has 2 rings (SSSR count). The third-order valence-electron chi connectivity index (χ3n) is 2.74. The molecule has 0 unspecified atom stereocenters. The maximum absolute atomic E-state index is 4.48. The number of thiol groups is 1. The highest BCUT2D eigenvalue weighted by Crippen LogP contribution is 2.28. The van der Waals surface area contributed by atoms with E-state index in [0.29, 0.717) is 0 Å². The highest BCUT2D eigenvalue weighted by Gasteiger charge is 2.12. The molecule has 0 aliphatic heterocycles. The van der Waals surface area contributed by atoms with E-state index >= 15 is 0 Å². The molecule has 0 heterocycles. The summed E-state index contributed by atoms with van der Waals surface area (Å²) in [6.45, 7) is 2.21. The van der Waals surface area contributed by atoms with Crippen molar-refractivity contribution < 1.29 is 0 Å². The first-order chi connectivity index (χ1) is 5.79. The van der Waals surface area contributed by atoms with Crippen molar-refractivity contribution in [1.82, 2.24) is 0 Å². The number of aryl methyl sites for hydroxylation is 1. The molecule has 1 aliphatic rings. The van der Waals surface area contributed by atoms with Crippen molar-refractivity contribution in [2.45, 2.75) is 37.5 Å². The minimum atomic E-state index is 1.19. The number of rotatable bonds is 0. The first-order valence-electron chi connectivity index (χ1n) is 4.59. The molecule has 0 fully saturated rings. The molecule has 0 N–H and O–H groups in total. The van der Waals surface area contributed by atoms with Gasteiger partial charge >= 0.3 is 0 Å². The van der Waals surface area contributed by atoms with Gasteiger partial charge in [0, 0.05) is 4.90 Å². The van der Waals surface area contributed by atoms with Crippen molar-refractivity contribution >= 4 is 12.6 Å². The van der Waals surface area contributed by atoms with Gasteiger partial charge in [0.15, 0.2) is 0 Å². The molecule has 0 radical (unpaired) electrons. The predicted octanol–water partition coefficient (Wildman–Crippen LogP) is 3.16. The quantitative estimate of drug-likeness (QED) is 0.580. The summed E-state index contributed by atoms with van der Waals surface area (Å²) >= 11 is 4.48. The molecule has 0 saturated carbocycles. The first-order valence-corrected chi connectivity index (χ1v) is 5.04. The lowest BCUT2D eigenvalue weighted by molar-refractivity contribution is 0.672. The summed E-state index contributed by atoms with van der Waals surface area (Å²) in [6.07, 6.45) is 5.18. The SMILES string of the molecule is Cc1ccc(S)c2c1CCCC2. The average Bonchev–Trinajstić information content (AvgIpc) is 2.12. The van der Waals surface area contributed by atoms with Crippen LogP contribution in [-0.2, 0) is 12.8 Å². The van der Waals surface area contributed by atoms with Crippen molar-refractivity contribution in [2.24, 2.45) is 0 Å². The van der Waals surface area contributed by atoms with Gasteiger partial charge in [-0.15, -0.1) is 12.6 Å². The molecule has 1 aliphatic carbocycles. The maximum Gasteiger partial charge on any atom is 0.00749 e. The summed E-state index contributed by atoms with van der Waals surface area (Å²) in [5.74, 6) is 0. The Morgan fingerprint density at radius 3 is 2.42 bits per heavy atom. The Kier molecular flexibility index (Phi) is 2.14. The van der Waals surface area contributed by atoms with Gasteiger partial charge in [-0.2, -0.15) is 0 Å². The van der Waals surface area contributed by atoms with E-state index in [1.165, 1.54) is 41.7 Å². The summed E-state index contributed by atoms with van der Waals surface area (Å²) in [6, 6.07) is 4.31. The standard InChI is InChI=1S/C11H14S/c1-8-6-7-11(12)10-5-3-2-4-9(8)10/h6-7,12H,2-5H2,1H3. The molecule has 1 aromatic carbocycles. The molecular weight excluding hydrogens is 164 g/mol. The lowest BCUT2D eigenvalue weighted by Crippen LogP contribution is -2.05. The van der Waals surface area contributed by atoms with Gasteiger partial charge in [-0.25, -0.2) is 0 Å². The van der Waals surface area contributed by atoms with Crippen LogP contribution in [0.15, 0.2) is 17.0 Å². The van der Waals surface area contributed by atoms with Crippen LogP contribution in [0, 0.1) is 6.92 Å². The summed E-state index contributed by atoms with van der Waals surface area (Å²) < 4.78 is 0. The molecule has 0 amide bonds. The monoisotopic (exact) mass is 178 g/mol. The second-order valence-electron chi connectivity index (χ2n) is 3.57. The van der Waals surface area contributed by atoms with Crippen LogP contribution in [0.3, 0.4) is 0 Å². The topological polar surface area (TPSA) is 0 Å². The Labute approximate surface area is 79.4 Å². The largest absolute Gasteiger partial charge is 0.143 e. The van der Waals surface area contributed by atoms with Crippen LogP contribution in [0.4, 0.5) is 0 Å². The Balaban J connectivity index is 2.57. The van der Waals surface area contributed by atoms with Gasteiger partial charge in [-0.05, 0) is 55.4 Å². The van der Waals surface area contributed by atoms with Gasteiger partial charge in [0.05, 0.1) is 0 Å². The van der Waals surface area contributed by atoms with E-state index in [1.54, 1.807) is 5.56 Å². The van der Waals surface area contributed by atoms with Gasteiger partial charge in [0.2, 0.25) is 0 Å². The van der Waals surface area contributed by atoms with Crippen molar-refractivity contribution in [2.75, 3.05) is 0 Å². The molecule has 0 saturated heterocycles. The third-order valence-corrected chi connectivity index (χ3v) is 3.16. The molecule has 0 nitrogen and oxygen atoms in total. The van der Waals surface area contributed by atoms with Gasteiger partial charge in [-0.3, -0.25) is 0 Å². The average molecular weight is 178 g/mol. The minimum Gasteiger partial charge on any atom is -0.143 e. The Bertz CT molecular complexity index is 271. The van der Waals surface area contributed by atoms with Gasteiger partial charge in [0.25, 0.3) is 0 Å². The van der Waals surface area contributed by atoms with Crippen LogP contribution in [0.2, 0.25) is 0 Å². The highest BCUT2D eigenvalue weighted by molar-refractivity contribution is 7.80. The normalized spacial score (nSPS) is 15.8. The highest BCUT2D eigenvalue weighted by atomic mass is 32.1. The zero-order valence-corrected chi connectivity index (χ0v) is 8.32. The number of benzene rings is 1. The van der Waals surface area contributed by atoms with Crippen LogP contribution in [0.25, 0.3) is 0 Å². The minimum absolute atomic E-state index is 1.19. The molecule has 64 valence electrons. The predicted molar refractivity (Wildman–Crippen MR) is 55.1 cm³/mol. The lowest BCUT2D eigenvalue weighted by atomic mass is 9.89. The van der Waals surface area contributed by atoms with Crippen LogP contribution < -0.4 is 0 Å². The number of hydrogen-bond donors (Lipinski definition) is 1. The van der Waals surface area contributed by atoms with E-state index in [-0.39, 0.29) is 0 Å². The molecule has 1 heteroatoms. The van der Waals surface area contributed by atoms with Crippen molar-refractivity contribution in [3.05, 3.63) is 28.8 Å². The second-order valence-corrected chi connectivity index (χ2v) is 4.05. The Morgan fingerprint density at radius 1 is 1.08 bits per heavy atom. The van der Waals surface area contributed by atoms with E-state index < -0.39 is 0 Å². The zero-order valence-electron chi connectivity index (χ0n) is 7.43. The van der Waals surface area contributed by atoms with Crippen molar-refractivity contribution in [3.63, 3.8) is 0 Å². The van der Waals surface area contributed by atoms with E-state index in [2.05, 4.69) is 31.7 Å². The van der Waals surface area contributed by atoms with Crippen LogP contribution >= 0.6 is 12.6 Å².